The topological polar surface area (TPSA) is 168 Å². The molecule has 0 bridgehead atoms. The number of halogens is 3. The van der Waals surface area contributed by atoms with Crippen molar-refractivity contribution < 1.29 is 26.5 Å². The molecular weight excluding hydrogens is 405 g/mol. The van der Waals surface area contributed by atoms with E-state index >= 15 is 0 Å². The van der Waals surface area contributed by atoms with Gasteiger partial charge in [-0.3, -0.25) is 15.2 Å². The van der Waals surface area contributed by atoms with Crippen LogP contribution in [0.3, 0.4) is 0 Å². The Bertz CT molecular complexity index is 1040. The highest BCUT2D eigenvalue weighted by atomic mass is 32.2. The minimum atomic E-state index is -5.70. The second-order valence-electron chi connectivity index (χ2n) is 5.49. The van der Waals surface area contributed by atoms with Crippen LogP contribution in [0, 0.1) is 21.4 Å². The summed E-state index contributed by atoms with van der Waals surface area (Å²) in [6, 6.07) is 3.77. The summed E-state index contributed by atoms with van der Waals surface area (Å²) < 4.78 is 60.6. The van der Waals surface area contributed by atoms with E-state index in [1.54, 1.807) is 0 Å². The predicted octanol–water partition coefficient (Wildman–Crippen LogP) is 2.11. The van der Waals surface area contributed by atoms with E-state index < -0.39 is 30.9 Å². The number of benzene rings is 1. The second kappa shape index (κ2) is 7.72. The molecule has 1 aromatic heterocycles. The Morgan fingerprint density at radius 3 is 2.64 bits per heavy atom. The quantitative estimate of drug-likeness (QED) is 0.349. The number of nitrogens with one attached hydrogen (secondary N) is 2. The summed E-state index contributed by atoms with van der Waals surface area (Å²) >= 11 is 0. The number of hydrogen-bond donors (Lipinski definition) is 3. The number of hydrogen-bond acceptors (Lipinski definition) is 8. The Kier molecular flexibility index (Phi) is 5.78. The first-order valence-electron chi connectivity index (χ1n) is 7.55. The minimum absolute atomic E-state index is 0.0440. The van der Waals surface area contributed by atoms with Crippen molar-refractivity contribution in [2.45, 2.75) is 23.2 Å². The van der Waals surface area contributed by atoms with Gasteiger partial charge in [0.15, 0.2) is 5.82 Å². The first-order chi connectivity index (χ1) is 13.0. The van der Waals surface area contributed by atoms with Crippen LogP contribution in [0.1, 0.15) is 17.7 Å². The van der Waals surface area contributed by atoms with Crippen LogP contribution in [0.2, 0.25) is 0 Å². The highest BCUT2D eigenvalue weighted by Gasteiger charge is 2.47. The Morgan fingerprint density at radius 1 is 1.39 bits per heavy atom. The normalized spacial score (nSPS) is 11.8. The van der Waals surface area contributed by atoms with Crippen LogP contribution in [0.15, 0.2) is 23.1 Å². The number of aromatic amines is 1. The van der Waals surface area contributed by atoms with Gasteiger partial charge in [-0.05, 0) is 25.0 Å². The molecule has 0 amide bonds. The number of sulfone groups is 1. The molecule has 2 rings (SSSR count). The van der Waals surface area contributed by atoms with E-state index in [1.807, 2.05) is 6.07 Å². The number of nitrogens with zero attached hydrogens (tertiary/aromatic N) is 3. The van der Waals surface area contributed by atoms with Crippen LogP contribution in [-0.4, -0.2) is 35.6 Å². The van der Waals surface area contributed by atoms with Gasteiger partial charge >= 0.3 is 5.51 Å². The maximum absolute atomic E-state index is 12.6. The molecule has 0 atom stereocenters. The molecule has 0 spiro atoms. The summed E-state index contributed by atoms with van der Waals surface area (Å²) in [6.45, 7) is 0.149. The molecule has 1 heterocycles. The summed E-state index contributed by atoms with van der Waals surface area (Å²) in [6.07, 6.45) is 0.699. The number of alkyl halides is 3. The molecule has 4 N–H and O–H groups in total. The van der Waals surface area contributed by atoms with Gasteiger partial charge in [-0.2, -0.15) is 23.5 Å². The molecule has 14 heteroatoms. The van der Waals surface area contributed by atoms with Crippen molar-refractivity contribution in [3.63, 3.8) is 0 Å². The van der Waals surface area contributed by atoms with Crippen molar-refractivity contribution >= 4 is 27.0 Å². The molecule has 0 aliphatic heterocycles. The maximum atomic E-state index is 12.6. The van der Waals surface area contributed by atoms with Crippen molar-refractivity contribution in [3.05, 3.63) is 39.6 Å². The van der Waals surface area contributed by atoms with Gasteiger partial charge in [-0.15, -0.1) is 0 Å². The molecule has 150 valence electrons. The monoisotopic (exact) mass is 418 g/mol. The number of nitro groups is 1. The molecule has 0 saturated heterocycles. The Hall–Kier alpha value is -3.34. The van der Waals surface area contributed by atoms with E-state index in [0.29, 0.717) is 30.7 Å². The zero-order valence-corrected chi connectivity index (χ0v) is 14.8. The van der Waals surface area contributed by atoms with Gasteiger partial charge in [0.05, 0.1) is 15.5 Å². The Morgan fingerprint density at radius 2 is 2.07 bits per heavy atom. The van der Waals surface area contributed by atoms with Gasteiger partial charge in [-0.1, -0.05) is 0 Å². The lowest BCUT2D eigenvalue weighted by molar-refractivity contribution is -0.384. The first-order valence-corrected chi connectivity index (χ1v) is 9.04. The van der Waals surface area contributed by atoms with Crippen molar-refractivity contribution in [3.8, 4) is 6.07 Å². The van der Waals surface area contributed by atoms with E-state index in [4.69, 9.17) is 11.0 Å². The van der Waals surface area contributed by atoms with Gasteiger partial charge in [0.2, 0.25) is 0 Å². The molecule has 0 unspecified atom stereocenters. The Balaban J connectivity index is 2.14. The molecule has 0 aliphatic rings. The SMILES string of the molecule is N#Cc1c(N)n[nH]c1CCCNc1ccc(S(=O)(=O)C(F)(F)F)cc1[N+](=O)[O-]. The van der Waals surface area contributed by atoms with Crippen molar-refractivity contribution in [2.24, 2.45) is 0 Å². The fourth-order valence-electron chi connectivity index (χ4n) is 2.30. The fourth-order valence-corrected chi connectivity index (χ4v) is 3.08. The lowest BCUT2D eigenvalue weighted by Crippen LogP contribution is -2.23. The summed E-state index contributed by atoms with van der Waals surface area (Å²) in [5.41, 5.74) is -0.365. The van der Waals surface area contributed by atoms with Crippen LogP contribution in [0.25, 0.3) is 0 Å². The Labute approximate surface area is 156 Å². The van der Waals surface area contributed by atoms with Crippen LogP contribution < -0.4 is 11.1 Å². The first kappa shape index (κ1) is 21.0. The van der Waals surface area contributed by atoms with Crippen molar-refractivity contribution in [1.82, 2.24) is 10.2 Å². The van der Waals surface area contributed by atoms with Crippen LogP contribution in [-0.2, 0) is 16.3 Å². The van der Waals surface area contributed by atoms with Gasteiger partial charge in [0.25, 0.3) is 15.5 Å². The zero-order valence-electron chi connectivity index (χ0n) is 13.9. The molecule has 0 fully saturated rings. The molecule has 28 heavy (non-hydrogen) atoms. The number of nitrogen functional groups attached to an aromatic ring is 1. The smallest absolute Gasteiger partial charge is 0.381 e. The largest absolute Gasteiger partial charge is 0.501 e. The fraction of sp³-hybridized carbons (Fsp3) is 0.286. The highest BCUT2D eigenvalue weighted by molar-refractivity contribution is 7.92. The lowest BCUT2D eigenvalue weighted by Gasteiger charge is -2.10. The second-order valence-corrected chi connectivity index (χ2v) is 7.43. The van der Waals surface area contributed by atoms with Crippen LogP contribution >= 0.6 is 0 Å². The molecule has 1 aromatic carbocycles. The number of aryl methyl sites for hydroxylation is 1. The average Bonchev–Trinajstić information content (AvgIpc) is 2.97. The number of anilines is 2. The van der Waals surface area contributed by atoms with E-state index in [0.717, 1.165) is 6.07 Å². The highest BCUT2D eigenvalue weighted by Crippen LogP contribution is 2.34. The van der Waals surface area contributed by atoms with Gasteiger partial charge in [0.1, 0.15) is 17.3 Å². The zero-order chi connectivity index (χ0) is 21.1. The van der Waals surface area contributed by atoms with E-state index in [2.05, 4.69) is 15.5 Å². The van der Waals surface area contributed by atoms with E-state index in [-0.39, 0.29) is 23.6 Å². The molecule has 0 saturated carbocycles. The molecule has 2 aromatic rings. The molecular formula is C14H13F3N6O4S. The molecule has 0 radical (unpaired) electrons. The van der Waals surface area contributed by atoms with Gasteiger partial charge in [0, 0.05) is 12.6 Å². The van der Waals surface area contributed by atoms with Crippen molar-refractivity contribution in [2.75, 3.05) is 17.6 Å². The number of H-pyrrole nitrogens is 1. The molecule has 0 aliphatic carbocycles. The third-order valence-corrected chi connectivity index (χ3v) is 5.16. The number of nitrogens with two attached hydrogens (primary N) is 1. The van der Waals surface area contributed by atoms with Crippen molar-refractivity contribution in [1.29, 1.82) is 5.26 Å². The third-order valence-electron chi connectivity index (χ3n) is 3.68. The van der Waals surface area contributed by atoms with Gasteiger partial charge < -0.3 is 11.1 Å². The maximum Gasteiger partial charge on any atom is 0.501 e. The number of nitro benzene ring substituents is 1. The summed E-state index contributed by atoms with van der Waals surface area (Å²) in [7, 11) is -5.70. The third kappa shape index (κ3) is 4.14. The summed E-state index contributed by atoms with van der Waals surface area (Å²) in [5, 5.41) is 29.0. The minimum Gasteiger partial charge on any atom is -0.381 e. The average molecular weight is 418 g/mol. The number of rotatable bonds is 7. The predicted molar refractivity (Wildman–Crippen MR) is 90.9 cm³/mol. The van der Waals surface area contributed by atoms with E-state index in [9.17, 15) is 31.7 Å². The number of aromatic nitrogens is 2. The van der Waals surface area contributed by atoms with E-state index in [1.165, 1.54) is 0 Å². The summed E-state index contributed by atoms with van der Waals surface area (Å²) in [4.78, 5) is 8.91. The summed E-state index contributed by atoms with van der Waals surface area (Å²) in [5.74, 6) is 0.0440. The number of nitriles is 1. The van der Waals surface area contributed by atoms with Crippen LogP contribution in [0.5, 0.6) is 0 Å². The molecule has 10 nitrogen and oxygen atoms in total. The van der Waals surface area contributed by atoms with Crippen LogP contribution in [0.4, 0.5) is 30.4 Å². The lowest BCUT2D eigenvalue weighted by atomic mass is 10.1. The standard InChI is InChI=1S/C14H13F3N6O4S/c15-14(16,17)28(26,27)8-3-4-11(12(6-8)23(24)25)20-5-1-2-10-9(7-18)13(19)22-21-10/h3-4,6,20H,1-2,5H2,(H3,19,21,22). The van der Waals surface area contributed by atoms with Gasteiger partial charge in [-0.25, -0.2) is 8.42 Å².